The largest absolute Gasteiger partial charge is 0.469 e. The normalized spacial score (nSPS) is 24.1. The molecule has 0 unspecified atom stereocenters. The van der Waals surface area contributed by atoms with Crippen LogP contribution in [0, 0.1) is 22.7 Å². The van der Waals surface area contributed by atoms with Gasteiger partial charge in [0.1, 0.15) is 0 Å². The van der Waals surface area contributed by atoms with Gasteiger partial charge < -0.3 is 9.47 Å². The van der Waals surface area contributed by atoms with E-state index < -0.39 is 10.8 Å². The SMILES string of the molecule is COC(=O)C(C)(C)[C@H]1CCCC[C@@H]1C(C)(C)C(=O)OC. The second-order valence-electron chi connectivity index (χ2n) is 6.92. The average molecular weight is 284 g/mol. The van der Waals surface area contributed by atoms with E-state index in [4.69, 9.17) is 9.47 Å². The number of ether oxygens (including phenoxy) is 2. The molecule has 0 aliphatic heterocycles. The van der Waals surface area contributed by atoms with E-state index in [1.165, 1.54) is 14.2 Å². The second-order valence-corrected chi connectivity index (χ2v) is 6.92. The number of esters is 2. The predicted octanol–water partition coefficient (Wildman–Crippen LogP) is 3.19. The molecular weight excluding hydrogens is 256 g/mol. The first-order valence-electron chi connectivity index (χ1n) is 7.36. The Kier molecular flexibility index (Phi) is 5.22. The van der Waals surface area contributed by atoms with Crippen molar-refractivity contribution in [3.8, 4) is 0 Å². The number of methoxy groups -OCH3 is 2. The highest BCUT2D eigenvalue weighted by atomic mass is 16.5. The summed E-state index contributed by atoms with van der Waals surface area (Å²) in [6, 6.07) is 0. The van der Waals surface area contributed by atoms with Crippen molar-refractivity contribution in [2.24, 2.45) is 22.7 Å². The molecule has 0 spiro atoms. The molecule has 0 radical (unpaired) electrons. The summed E-state index contributed by atoms with van der Waals surface area (Å²) in [6.45, 7) is 7.70. The molecule has 4 heteroatoms. The lowest BCUT2D eigenvalue weighted by atomic mass is 9.58. The van der Waals surface area contributed by atoms with Crippen LogP contribution in [0.4, 0.5) is 0 Å². The summed E-state index contributed by atoms with van der Waals surface area (Å²) in [5, 5.41) is 0. The van der Waals surface area contributed by atoms with Crippen LogP contribution in [0.1, 0.15) is 53.4 Å². The Morgan fingerprint density at radius 3 is 1.35 bits per heavy atom. The van der Waals surface area contributed by atoms with Gasteiger partial charge in [-0.25, -0.2) is 0 Å². The molecule has 1 aliphatic rings. The summed E-state index contributed by atoms with van der Waals surface area (Å²) >= 11 is 0. The maximum absolute atomic E-state index is 12.1. The standard InChI is InChI=1S/C16H28O4/c1-15(2,13(17)19-5)11-9-7-8-10-12(11)16(3,4)14(18)20-6/h11-12H,7-10H2,1-6H3/t11-,12-/m0/s1. The third kappa shape index (κ3) is 2.99. The van der Waals surface area contributed by atoms with Crippen molar-refractivity contribution >= 4 is 11.9 Å². The van der Waals surface area contributed by atoms with Crippen molar-refractivity contribution in [2.75, 3.05) is 14.2 Å². The van der Waals surface area contributed by atoms with Crippen LogP contribution in [0.2, 0.25) is 0 Å². The fourth-order valence-electron chi connectivity index (χ4n) is 3.69. The number of carbonyl (C=O) groups excluding carboxylic acids is 2. The van der Waals surface area contributed by atoms with E-state index in [1.54, 1.807) is 0 Å². The molecule has 0 amide bonds. The lowest BCUT2D eigenvalue weighted by Crippen LogP contribution is -2.47. The molecule has 0 bridgehead atoms. The van der Waals surface area contributed by atoms with Crippen LogP contribution < -0.4 is 0 Å². The van der Waals surface area contributed by atoms with E-state index >= 15 is 0 Å². The van der Waals surface area contributed by atoms with Crippen molar-refractivity contribution in [1.29, 1.82) is 0 Å². The number of hydrogen-bond acceptors (Lipinski definition) is 4. The van der Waals surface area contributed by atoms with Gasteiger partial charge in [-0.1, -0.05) is 12.8 Å². The van der Waals surface area contributed by atoms with E-state index in [0.717, 1.165) is 25.7 Å². The highest BCUT2D eigenvalue weighted by Crippen LogP contribution is 2.50. The fraction of sp³-hybridized carbons (Fsp3) is 0.875. The van der Waals surface area contributed by atoms with Gasteiger partial charge in [-0.15, -0.1) is 0 Å². The Morgan fingerprint density at radius 1 is 0.800 bits per heavy atom. The van der Waals surface area contributed by atoms with Crippen LogP contribution in [0.5, 0.6) is 0 Å². The molecule has 1 fully saturated rings. The summed E-state index contributed by atoms with van der Waals surface area (Å²) in [5.41, 5.74) is -1.16. The van der Waals surface area contributed by atoms with Gasteiger partial charge >= 0.3 is 11.9 Å². The fourth-order valence-corrected chi connectivity index (χ4v) is 3.69. The topological polar surface area (TPSA) is 52.6 Å². The van der Waals surface area contributed by atoms with Gasteiger partial charge in [0, 0.05) is 0 Å². The van der Waals surface area contributed by atoms with Gasteiger partial charge in [-0.3, -0.25) is 9.59 Å². The minimum atomic E-state index is -0.578. The minimum Gasteiger partial charge on any atom is -0.469 e. The van der Waals surface area contributed by atoms with Crippen molar-refractivity contribution in [1.82, 2.24) is 0 Å². The molecule has 4 nitrogen and oxygen atoms in total. The van der Waals surface area contributed by atoms with E-state index in [-0.39, 0.29) is 23.8 Å². The van der Waals surface area contributed by atoms with Crippen molar-refractivity contribution in [2.45, 2.75) is 53.4 Å². The zero-order chi connectivity index (χ0) is 15.6. The first-order valence-corrected chi connectivity index (χ1v) is 7.36. The van der Waals surface area contributed by atoms with E-state index in [0.29, 0.717) is 0 Å². The Hall–Kier alpha value is -1.06. The van der Waals surface area contributed by atoms with Gasteiger partial charge in [0.05, 0.1) is 25.0 Å². The molecule has 1 aliphatic carbocycles. The Labute approximate surface area is 122 Å². The van der Waals surface area contributed by atoms with E-state index in [2.05, 4.69) is 0 Å². The molecule has 1 saturated carbocycles. The zero-order valence-electron chi connectivity index (χ0n) is 13.6. The molecule has 0 aromatic heterocycles. The first-order chi connectivity index (χ1) is 9.19. The summed E-state index contributed by atoms with van der Waals surface area (Å²) < 4.78 is 9.92. The molecule has 1 rings (SSSR count). The molecule has 2 atom stereocenters. The maximum Gasteiger partial charge on any atom is 0.311 e. The van der Waals surface area contributed by atoms with Crippen molar-refractivity contribution in [3.63, 3.8) is 0 Å². The first kappa shape index (κ1) is 17.0. The highest BCUT2D eigenvalue weighted by molar-refractivity contribution is 5.78. The summed E-state index contributed by atoms with van der Waals surface area (Å²) in [6.07, 6.45) is 4.10. The Balaban J connectivity index is 3.09. The Morgan fingerprint density at radius 2 is 1.10 bits per heavy atom. The third-order valence-electron chi connectivity index (χ3n) is 5.04. The van der Waals surface area contributed by atoms with Gasteiger partial charge in [-0.05, 0) is 52.4 Å². The molecule has 0 saturated heterocycles. The average Bonchev–Trinajstić information content (AvgIpc) is 2.45. The van der Waals surface area contributed by atoms with E-state index in [9.17, 15) is 9.59 Å². The quantitative estimate of drug-likeness (QED) is 0.744. The monoisotopic (exact) mass is 284 g/mol. The molecular formula is C16H28O4. The number of carbonyl (C=O) groups is 2. The predicted molar refractivity (Wildman–Crippen MR) is 77.0 cm³/mol. The highest BCUT2D eigenvalue weighted by Gasteiger charge is 2.50. The second kappa shape index (κ2) is 6.15. The van der Waals surface area contributed by atoms with Gasteiger partial charge in [0.2, 0.25) is 0 Å². The Bertz CT molecular complexity index is 335. The minimum absolute atomic E-state index is 0.137. The van der Waals surface area contributed by atoms with Crippen molar-refractivity contribution < 1.29 is 19.1 Å². The molecule has 0 heterocycles. The summed E-state index contributed by atoms with van der Waals surface area (Å²) in [4.78, 5) is 24.2. The molecule has 20 heavy (non-hydrogen) atoms. The molecule has 116 valence electrons. The zero-order valence-corrected chi connectivity index (χ0v) is 13.6. The van der Waals surface area contributed by atoms with Gasteiger partial charge in [0.15, 0.2) is 0 Å². The number of rotatable bonds is 4. The van der Waals surface area contributed by atoms with Crippen molar-refractivity contribution in [3.05, 3.63) is 0 Å². The molecule has 0 aromatic rings. The van der Waals surface area contributed by atoms with Gasteiger partial charge in [0.25, 0.3) is 0 Å². The lowest BCUT2D eigenvalue weighted by Gasteiger charge is -2.46. The number of hydrogen-bond donors (Lipinski definition) is 0. The molecule has 0 N–H and O–H groups in total. The van der Waals surface area contributed by atoms with Crippen LogP contribution in [-0.2, 0) is 19.1 Å². The van der Waals surface area contributed by atoms with Crippen LogP contribution in [-0.4, -0.2) is 26.2 Å². The molecule has 0 aromatic carbocycles. The van der Waals surface area contributed by atoms with E-state index in [1.807, 2.05) is 27.7 Å². The van der Waals surface area contributed by atoms with Crippen LogP contribution in [0.15, 0.2) is 0 Å². The third-order valence-corrected chi connectivity index (χ3v) is 5.04. The van der Waals surface area contributed by atoms with Crippen LogP contribution in [0.3, 0.4) is 0 Å². The summed E-state index contributed by atoms with van der Waals surface area (Å²) in [7, 11) is 2.85. The van der Waals surface area contributed by atoms with Crippen LogP contribution in [0.25, 0.3) is 0 Å². The smallest absolute Gasteiger partial charge is 0.311 e. The van der Waals surface area contributed by atoms with Gasteiger partial charge in [-0.2, -0.15) is 0 Å². The summed E-state index contributed by atoms with van der Waals surface area (Å²) in [5.74, 6) is -0.124. The lowest BCUT2D eigenvalue weighted by molar-refractivity contribution is -0.166. The maximum atomic E-state index is 12.1. The van der Waals surface area contributed by atoms with Crippen LogP contribution >= 0.6 is 0 Å².